The maximum absolute atomic E-state index is 5.16. The van der Waals surface area contributed by atoms with Crippen LogP contribution < -0.4 is 4.90 Å². The van der Waals surface area contributed by atoms with Crippen molar-refractivity contribution >= 4 is 22.6 Å². The lowest BCUT2D eigenvalue weighted by Gasteiger charge is -2.31. The minimum atomic E-state index is 0.987. The van der Waals surface area contributed by atoms with Crippen molar-refractivity contribution in [2.45, 2.75) is 26.7 Å². The van der Waals surface area contributed by atoms with Gasteiger partial charge in [-0.15, -0.1) is 11.3 Å². The highest BCUT2D eigenvalue weighted by molar-refractivity contribution is 7.18. The number of aryl methyl sites for hydroxylation is 1. The molecule has 0 saturated carbocycles. The third kappa shape index (κ3) is 3.65. The predicted molar refractivity (Wildman–Crippen MR) is 122 cm³/mol. The Kier molecular flexibility index (Phi) is 5.37. The Bertz CT molecular complexity index is 1050. The first-order valence-corrected chi connectivity index (χ1v) is 10.8. The molecule has 0 unspecified atom stereocenters. The summed E-state index contributed by atoms with van der Waals surface area (Å²) in [6.45, 7) is 5.30. The Labute approximate surface area is 176 Å². The lowest BCUT2D eigenvalue weighted by molar-refractivity contribution is 0.494. The van der Waals surface area contributed by atoms with Crippen molar-refractivity contribution in [3.8, 4) is 21.1 Å². The smallest absolute Gasteiger partial charge is 0.125 e. The molecule has 0 spiro atoms. The van der Waals surface area contributed by atoms with Gasteiger partial charge in [-0.1, -0.05) is 6.92 Å². The van der Waals surface area contributed by atoms with E-state index in [9.17, 15) is 0 Å². The van der Waals surface area contributed by atoms with Gasteiger partial charge >= 0.3 is 0 Å². The second-order valence-electron chi connectivity index (χ2n) is 7.58. The van der Waals surface area contributed by atoms with E-state index in [1.54, 1.807) is 17.5 Å². The first-order valence-electron chi connectivity index (χ1n) is 9.99. The minimum absolute atomic E-state index is 0.987. The van der Waals surface area contributed by atoms with Crippen molar-refractivity contribution in [2.24, 2.45) is 0 Å². The molecule has 1 aliphatic rings. The molecule has 29 heavy (non-hydrogen) atoms. The van der Waals surface area contributed by atoms with Gasteiger partial charge in [0.25, 0.3) is 0 Å². The molecule has 3 aromatic rings. The van der Waals surface area contributed by atoms with Crippen molar-refractivity contribution in [1.82, 2.24) is 19.9 Å². The molecule has 3 aromatic heterocycles. The van der Waals surface area contributed by atoms with E-state index in [-0.39, 0.29) is 0 Å². The summed E-state index contributed by atoms with van der Waals surface area (Å²) in [6, 6.07) is 8.34. The fourth-order valence-electron chi connectivity index (χ4n) is 3.95. The topological polar surface area (TPSA) is 45.2 Å². The van der Waals surface area contributed by atoms with Crippen LogP contribution in [0, 0.1) is 6.92 Å². The zero-order valence-electron chi connectivity index (χ0n) is 17.7. The first kappa shape index (κ1) is 19.6. The van der Waals surface area contributed by atoms with E-state index in [0.717, 1.165) is 51.9 Å². The average molecular weight is 406 g/mol. The largest absolute Gasteiger partial charge is 0.381 e. The number of allylic oxidation sites excluding steroid dienone is 1. The van der Waals surface area contributed by atoms with Crippen LogP contribution in [0.25, 0.3) is 26.7 Å². The summed E-state index contributed by atoms with van der Waals surface area (Å²) in [5, 5.41) is 0.987. The van der Waals surface area contributed by atoms with Crippen LogP contribution in [0.1, 0.15) is 31.2 Å². The van der Waals surface area contributed by atoms with Crippen LogP contribution in [-0.2, 0) is 0 Å². The van der Waals surface area contributed by atoms with E-state index in [2.05, 4.69) is 68.0 Å². The van der Waals surface area contributed by atoms with E-state index in [4.69, 9.17) is 9.97 Å². The molecule has 5 nitrogen and oxygen atoms in total. The van der Waals surface area contributed by atoms with Gasteiger partial charge in [0.15, 0.2) is 0 Å². The number of anilines is 1. The normalized spacial score (nSPS) is 15.3. The van der Waals surface area contributed by atoms with E-state index >= 15 is 0 Å². The van der Waals surface area contributed by atoms with Crippen LogP contribution in [0.3, 0.4) is 0 Å². The number of aromatic nitrogens is 3. The molecular weight excluding hydrogens is 378 g/mol. The fourth-order valence-corrected chi connectivity index (χ4v) is 4.98. The third-order valence-corrected chi connectivity index (χ3v) is 6.66. The number of hydrogen-bond acceptors (Lipinski definition) is 6. The molecule has 6 heteroatoms. The van der Waals surface area contributed by atoms with Crippen LogP contribution >= 0.6 is 11.3 Å². The van der Waals surface area contributed by atoms with Crippen molar-refractivity contribution in [1.29, 1.82) is 0 Å². The quantitative estimate of drug-likeness (QED) is 0.604. The second-order valence-corrected chi connectivity index (χ2v) is 8.58. The minimum Gasteiger partial charge on any atom is -0.381 e. The summed E-state index contributed by atoms with van der Waals surface area (Å²) in [5.41, 5.74) is 8.10. The molecule has 0 atom stereocenters. The molecule has 4 rings (SSSR count). The van der Waals surface area contributed by atoms with Crippen LogP contribution in [0.15, 0.2) is 42.4 Å². The van der Waals surface area contributed by atoms with Gasteiger partial charge in [0.1, 0.15) is 5.01 Å². The molecule has 0 aliphatic carbocycles. The Morgan fingerprint density at radius 3 is 2.72 bits per heavy atom. The molecular formula is C23H27N5S. The molecule has 150 valence electrons. The van der Waals surface area contributed by atoms with Gasteiger partial charge in [0.05, 0.1) is 27.6 Å². The molecule has 0 radical (unpaired) electrons. The molecule has 0 bridgehead atoms. The van der Waals surface area contributed by atoms with Gasteiger partial charge in [-0.3, -0.25) is 4.98 Å². The molecule has 0 amide bonds. The summed E-state index contributed by atoms with van der Waals surface area (Å²) < 4.78 is 0. The molecule has 0 fully saturated rings. The zero-order valence-corrected chi connectivity index (χ0v) is 18.5. The van der Waals surface area contributed by atoms with Crippen LogP contribution in [0.5, 0.6) is 0 Å². The summed E-state index contributed by atoms with van der Waals surface area (Å²) in [7, 11) is 6.40. The van der Waals surface area contributed by atoms with Crippen molar-refractivity contribution < 1.29 is 0 Å². The Morgan fingerprint density at radius 2 is 2.03 bits per heavy atom. The van der Waals surface area contributed by atoms with E-state index < -0.39 is 0 Å². The second kappa shape index (κ2) is 7.95. The Morgan fingerprint density at radius 1 is 1.21 bits per heavy atom. The maximum Gasteiger partial charge on any atom is 0.125 e. The van der Waals surface area contributed by atoms with Gasteiger partial charge in [-0.05, 0) is 44.0 Å². The number of thiazole rings is 1. The number of pyridine rings is 2. The molecule has 0 aromatic carbocycles. The van der Waals surface area contributed by atoms with Crippen LogP contribution in [0.2, 0.25) is 0 Å². The van der Waals surface area contributed by atoms with Gasteiger partial charge in [-0.2, -0.15) is 0 Å². The summed E-state index contributed by atoms with van der Waals surface area (Å²) in [5.74, 6) is 0. The van der Waals surface area contributed by atoms with E-state index in [1.807, 2.05) is 12.3 Å². The van der Waals surface area contributed by atoms with E-state index in [0.29, 0.717) is 0 Å². The average Bonchev–Trinajstić information content (AvgIpc) is 3.12. The summed E-state index contributed by atoms with van der Waals surface area (Å²) >= 11 is 1.69. The summed E-state index contributed by atoms with van der Waals surface area (Å²) in [4.78, 5) is 19.8. The van der Waals surface area contributed by atoms with Gasteiger partial charge in [0.2, 0.25) is 0 Å². The van der Waals surface area contributed by atoms with Crippen LogP contribution in [-0.4, -0.2) is 47.5 Å². The standard InChI is InChI=1S/C23H27N5S/c1-6-19(27(3)4)17-11-13-28(5)20-10-9-18(26-21(17)20)22-15(2)25-23(29-22)16-8-7-12-24-14-16/h7-10,12,14H,6,11,13H2,1-5H3/b19-17+. The summed E-state index contributed by atoms with van der Waals surface area (Å²) in [6.07, 6.45) is 5.67. The Balaban J connectivity index is 1.83. The highest BCUT2D eigenvalue weighted by Gasteiger charge is 2.24. The monoisotopic (exact) mass is 405 g/mol. The van der Waals surface area contributed by atoms with Gasteiger partial charge < -0.3 is 9.80 Å². The number of rotatable bonds is 4. The first-order chi connectivity index (χ1) is 14.0. The van der Waals surface area contributed by atoms with Crippen molar-refractivity contribution in [3.63, 3.8) is 0 Å². The van der Waals surface area contributed by atoms with Crippen molar-refractivity contribution in [3.05, 3.63) is 53.7 Å². The number of nitrogens with zero attached hydrogens (tertiary/aromatic N) is 5. The van der Waals surface area contributed by atoms with Crippen molar-refractivity contribution in [2.75, 3.05) is 32.6 Å². The lowest BCUT2D eigenvalue weighted by Crippen LogP contribution is -2.27. The molecule has 0 saturated heterocycles. The highest BCUT2D eigenvalue weighted by Crippen LogP contribution is 2.39. The number of hydrogen-bond donors (Lipinski definition) is 0. The molecule has 0 N–H and O–H groups in total. The van der Waals surface area contributed by atoms with Gasteiger partial charge in [-0.25, -0.2) is 9.97 Å². The number of fused-ring (bicyclic) bond motifs is 1. The fraction of sp³-hybridized carbons (Fsp3) is 0.348. The Hall–Kier alpha value is -2.73. The lowest BCUT2D eigenvalue weighted by atomic mass is 9.97. The third-order valence-electron chi connectivity index (χ3n) is 5.43. The maximum atomic E-state index is 5.16. The SMILES string of the molecule is CC/C(=C1/CCN(C)c2ccc(-c3sc(-c4cccnc4)nc3C)nc21)N(C)C. The molecule has 1 aliphatic heterocycles. The van der Waals surface area contributed by atoms with E-state index in [1.165, 1.54) is 17.0 Å². The zero-order chi connectivity index (χ0) is 20.5. The van der Waals surface area contributed by atoms with Crippen LogP contribution in [0.4, 0.5) is 5.69 Å². The highest BCUT2D eigenvalue weighted by atomic mass is 32.1. The van der Waals surface area contributed by atoms with Gasteiger partial charge in [0, 0.05) is 56.9 Å². The molecule has 4 heterocycles. The predicted octanol–water partition coefficient (Wildman–Crippen LogP) is 5.10.